The molecule has 0 amide bonds. The van der Waals surface area contributed by atoms with Gasteiger partial charge in [-0.3, -0.25) is 10.2 Å². The zero-order valence-corrected chi connectivity index (χ0v) is 20.7. The third-order valence-electron chi connectivity index (χ3n) is 5.03. The van der Waals surface area contributed by atoms with Crippen LogP contribution in [0, 0.1) is 5.41 Å². The lowest BCUT2D eigenvalue weighted by atomic mass is 9.99. The number of rotatable bonds is 5. The number of esters is 1. The molecule has 0 saturated carbocycles. The number of alkyl halides is 3. The maximum absolute atomic E-state index is 11.7. The Hall–Kier alpha value is -0.0931. The molecule has 28 heavy (non-hydrogen) atoms. The molecule has 0 aromatic rings. The van der Waals surface area contributed by atoms with Crippen LogP contribution in [0.1, 0.15) is 34.6 Å². The van der Waals surface area contributed by atoms with E-state index in [4.69, 9.17) is 63.6 Å². The van der Waals surface area contributed by atoms with Crippen LogP contribution in [0.15, 0.2) is 0 Å². The standard InChI is InChI=1S/C17H30Cl3NO6Si/c1-9-11(27-28(7,8)16(3,4)5)12(23-6)13(25-10(2)22)14(24-9)26-15(21)17(18,19)20/h9,11-14,21H,1-8H3/t9-,11-,12+,13+,14?/m0/s1. The van der Waals surface area contributed by atoms with E-state index in [0.29, 0.717) is 0 Å². The van der Waals surface area contributed by atoms with Crippen molar-refractivity contribution in [3.8, 4) is 0 Å². The molecule has 1 aliphatic heterocycles. The summed E-state index contributed by atoms with van der Waals surface area (Å²) in [5.41, 5.74) is 0. The molecule has 0 aliphatic carbocycles. The molecular weight excluding hydrogens is 449 g/mol. The Labute approximate surface area is 182 Å². The minimum Gasteiger partial charge on any atom is -0.453 e. The fourth-order valence-corrected chi connectivity index (χ4v) is 4.01. The van der Waals surface area contributed by atoms with Crippen molar-refractivity contribution in [2.24, 2.45) is 0 Å². The largest absolute Gasteiger partial charge is 0.453 e. The highest BCUT2D eigenvalue weighted by Gasteiger charge is 2.52. The maximum atomic E-state index is 11.7. The normalized spacial score (nSPS) is 29.3. The molecule has 1 fully saturated rings. The molecular formula is C17H30Cl3NO6Si. The number of halogens is 3. The molecule has 11 heteroatoms. The van der Waals surface area contributed by atoms with Gasteiger partial charge >= 0.3 is 5.97 Å². The van der Waals surface area contributed by atoms with E-state index in [9.17, 15) is 4.79 Å². The van der Waals surface area contributed by atoms with Crippen molar-refractivity contribution in [1.82, 2.24) is 0 Å². The van der Waals surface area contributed by atoms with Gasteiger partial charge in [0.2, 0.25) is 12.2 Å². The van der Waals surface area contributed by atoms with Crippen LogP contribution in [0.25, 0.3) is 0 Å². The maximum Gasteiger partial charge on any atom is 0.303 e. The van der Waals surface area contributed by atoms with Crippen LogP contribution in [0.4, 0.5) is 0 Å². The lowest BCUT2D eigenvalue weighted by Crippen LogP contribution is -2.63. The molecule has 1 heterocycles. The second-order valence-corrected chi connectivity index (χ2v) is 15.3. The van der Waals surface area contributed by atoms with Gasteiger partial charge in [0.15, 0.2) is 14.4 Å². The molecule has 1 unspecified atom stereocenters. The van der Waals surface area contributed by atoms with Crippen LogP contribution in [-0.2, 0) is 28.2 Å². The van der Waals surface area contributed by atoms with E-state index in [2.05, 4.69) is 33.9 Å². The molecule has 1 saturated heterocycles. The van der Waals surface area contributed by atoms with Gasteiger partial charge in [-0.05, 0) is 25.1 Å². The van der Waals surface area contributed by atoms with Gasteiger partial charge in [-0.15, -0.1) is 0 Å². The predicted molar refractivity (Wildman–Crippen MR) is 112 cm³/mol. The van der Waals surface area contributed by atoms with Crippen molar-refractivity contribution in [2.75, 3.05) is 7.11 Å². The summed E-state index contributed by atoms with van der Waals surface area (Å²) >= 11 is 17.1. The minimum atomic E-state index is -2.19. The summed E-state index contributed by atoms with van der Waals surface area (Å²) < 4.78 is 26.7. The summed E-state index contributed by atoms with van der Waals surface area (Å²) in [4.78, 5) is 11.7. The van der Waals surface area contributed by atoms with Crippen molar-refractivity contribution in [1.29, 1.82) is 5.41 Å². The molecule has 0 aromatic carbocycles. The van der Waals surface area contributed by atoms with Gasteiger partial charge in [0.1, 0.15) is 12.2 Å². The summed E-state index contributed by atoms with van der Waals surface area (Å²) in [5, 5.41) is 7.76. The molecule has 0 spiro atoms. The van der Waals surface area contributed by atoms with E-state index in [1.165, 1.54) is 14.0 Å². The average Bonchev–Trinajstić information content (AvgIpc) is 2.49. The fourth-order valence-electron chi connectivity index (χ4n) is 2.52. The summed E-state index contributed by atoms with van der Waals surface area (Å²) in [6.07, 6.45) is -3.90. The highest BCUT2D eigenvalue weighted by molar-refractivity contribution is 6.76. The summed E-state index contributed by atoms with van der Waals surface area (Å²) in [6.45, 7) is 13.6. The molecule has 164 valence electrons. The predicted octanol–water partition coefficient (Wildman–Crippen LogP) is 4.43. The lowest BCUT2D eigenvalue weighted by molar-refractivity contribution is -0.279. The van der Waals surface area contributed by atoms with E-state index in [1.54, 1.807) is 6.92 Å². The van der Waals surface area contributed by atoms with E-state index < -0.39 is 54.7 Å². The zero-order chi connectivity index (χ0) is 22.1. The van der Waals surface area contributed by atoms with E-state index in [0.717, 1.165) is 0 Å². The van der Waals surface area contributed by atoms with Crippen LogP contribution >= 0.6 is 34.8 Å². The lowest BCUT2D eigenvalue weighted by Gasteiger charge is -2.48. The quantitative estimate of drug-likeness (QED) is 0.207. The molecule has 0 bridgehead atoms. The highest BCUT2D eigenvalue weighted by atomic mass is 35.6. The van der Waals surface area contributed by atoms with Crippen LogP contribution < -0.4 is 0 Å². The summed E-state index contributed by atoms with van der Waals surface area (Å²) in [7, 11) is -0.708. The Morgan fingerprint density at radius 3 is 2.00 bits per heavy atom. The molecule has 0 aromatic heterocycles. The fraction of sp³-hybridized carbons (Fsp3) is 0.882. The van der Waals surface area contributed by atoms with E-state index >= 15 is 0 Å². The minimum absolute atomic E-state index is 0.0487. The van der Waals surface area contributed by atoms with Crippen molar-refractivity contribution in [3.05, 3.63) is 0 Å². The number of hydrogen-bond acceptors (Lipinski definition) is 7. The molecule has 5 atom stereocenters. The SMILES string of the molecule is CO[C@@H]1[C@@H](O[Si](C)(C)C(C)(C)C)[C@H](C)OC(OC(=N)C(Cl)(Cl)Cl)[C@@H]1OC(C)=O. The Morgan fingerprint density at radius 2 is 1.61 bits per heavy atom. The average molecular weight is 479 g/mol. The smallest absolute Gasteiger partial charge is 0.303 e. The van der Waals surface area contributed by atoms with Crippen LogP contribution in [-0.4, -0.2) is 61.8 Å². The monoisotopic (exact) mass is 477 g/mol. The molecule has 0 radical (unpaired) electrons. The third-order valence-corrected chi connectivity index (χ3v) is 10.0. The van der Waals surface area contributed by atoms with Gasteiger partial charge in [-0.2, -0.15) is 0 Å². The first kappa shape index (κ1) is 25.9. The van der Waals surface area contributed by atoms with Gasteiger partial charge in [0.05, 0.1) is 6.10 Å². The molecule has 1 aliphatic rings. The number of methoxy groups -OCH3 is 1. The first-order chi connectivity index (χ1) is 12.5. The second kappa shape index (κ2) is 9.37. The topological polar surface area (TPSA) is 87.1 Å². The number of ether oxygens (including phenoxy) is 4. The Bertz CT molecular complexity index is 578. The summed E-state index contributed by atoms with van der Waals surface area (Å²) in [6, 6.07) is 0. The Kier molecular flexibility index (Phi) is 8.68. The van der Waals surface area contributed by atoms with Gasteiger partial charge < -0.3 is 23.4 Å². The van der Waals surface area contributed by atoms with Gasteiger partial charge in [-0.25, -0.2) is 0 Å². The van der Waals surface area contributed by atoms with Crippen molar-refractivity contribution >= 4 is 55.0 Å². The highest BCUT2D eigenvalue weighted by Crippen LogP contribution is 2.40. The van der Waals surface area contributed by atoms with Crippen molar-refractivity contribution < 1.29 is 28.2 Å². The number of carbonyl (C=O) groups is 1. The number of carbonyl (C=O) groups excluding carboxylic acids is 1. The van der Waals surface area contributed by atoms with Gasteiger partial charge in [0, 0.05) is 14.0 Å². The van der Waals surface area contributed by atoms with Crippen molar-refractivity contribution in [2.45, 2.75) is 87.2 Å². The number of nitrogens with one attached hydrogen (secondary N) is 1. The van der Waals surface area contributed by atoms with Crippen LogP contribution in [0.5, 0.6) is 0 Å². The van der Waals surface area contributed by atoms with Crippen LogP contribution in [0.3, 0.4) is 0 Å². The van der Waals surface area contributed by atoms with E-state index in [-0.39, 0.29) is 5.04 Å². The van der Waals surface area contributed by atoms with Gasteiger partial charge in [-0.1, -0.05) is 55.6 Å². The zero-order valence-electron chi connectivity index (χ0n) is 17.5. The van der Waals surface area contributed by atoms with Gasteiger partial charge in [0.25, 0.3) is 3.79 Å². The number of hydrogen-bond donors (Lipinski definition) is 1. The molecule has 1 N–H and O–H groups in total. The van der Waals surface area contributed by atoms with E-state index in [1.807, 2.05) is 0 Å². The Balaban J connectivity index is 3.19. The first-order valence-electron chi connectivity index (χ1n) is 8.87. The molecule has 1 rings (SSSR count). The third kappa shape index (κ3) is 6.45. The molecule has 7 nitrogen and oxygen atoms in total. The first-order valence-corrected chi connectivity index (χ1v) is 12.9. The second-order valence-electron chi connectivity index (χ2n) is 8.27. The van der Waals surface area contributed by atoms with Crippen LogP contribution in [0.2, 0.25) is 18.1 Å². The Morgan fingerprint density at radius 1 is 1.07 bits per heavy atom. The van der Waals surface area contributed by atoms with Crippen molar-refractivity contribution in [3.63, 3.8) is 0 Å². The summed E-state index contributed by atoms with van der Waals surface area (Å²) in [5.74, 6) is -1.21.